The number of halogens is 1. The van der Waals surface area contributed by atoms with Crippen molar-refractivity contribution < 1.29 is 17.9 Å². The summed E-state index contributed by atoms with van der Waals surface area (Å²) in [6.45, 7) is 2.74. The lowest BCUT2D eigenvalue weighted by Gasteiger charge is -2.33. The highest BCUT2D eigenvalue weighted by atomic mass is 79.9. The molecule has 1 aromatic rings. The summed E-state index contributed by atoms with van der Waals surface area (Å²) >= 11 is 4.50. The Bertz CT molecular complexity index is 594. The minimum absolute atomic E-state index is 0.242. The van der Waals surface area contributed by atoms with Crippen LogP contribution in [0.15, 0.2) is 20.1 Å². The van der Waals surface area contributed by atoms with Crippen molar-refractivity contribution in [3.05, 3.63) is 15.9 Å². The molecule has 1 aliphatic heterocycles. The molecule has 0 bridgehead atoms. The number of hydrogen-bond donors (Lipinski definition) is 0. The van der Waals surface area contributed by atoms with E-state index in [1.807, 2.05) is 0 Å². The number of methoxy groups -OCH3 is 1. The second-order valence-electron chi connectivity index (χ2n) is 4.63. The molecule has 0 atom stereocenters. The van der Waals surface area contributed by atoms with Crippen LogP contribution in [0.3, 0.4) is 0 Å². The normalized spacial score (nSPS) is 17.8. The molecule has 2 heterocycles. The molecule has 1 fully saturated rings. The molecule has 0 saturated carbocycles. The van der Waals surface area contributed by atoms with Crippen LogP contribution in [-0.4, -0.2) is 63.4 Å². The fourth-order valence-corrected chi connectivity index (χ4v) is 5.69. The summed E-state index contributed by atoms with van der Waals surface area (Å²) < 4.78 is 32.1. The van der Waals surface area contributed by atoms with Gasteiger partial charge in [-0.15, -0.1) is 11.3 Å². The minimum atomic E-state index is -3.40. The van der Waals surface area contributed by atoms with E-state index in [0.29, 0.717) is 43.4 Å². The molecule has 1 saturated heterocycles. The Hall–Kier alpha value is -0.480. The molecule has 0 aromatic carbocycles. The van der Waals surface area contributed by atoms with Gasteiger partial charge in [0.1, 0.15) is 4.21 Å². The first-order valence-corrected chi connectivity index (χ1v) is 9.53. The third-order valence-electron chi connectivity index (χ3n) is 3.33. The van der Waals surface area contributed by atoms with Crippen LogP contribution in [0.2, 0.25) is 0 Å². The van der Waals surface area contributed by atoms with E-state index in [9.17, 15) is 13.2 Å². The van der Waals surface area contributed by atoms with Gasteiger partial charge in [0.05, 0.1) is 17.3 Å². The van der Waals surface area contributed by atoms with Gasteiger partial charge >= 0.3 is 5.97 Å². The summed E-state index contributed by atoms with van der Waals surface area (Å²) in [6.07, 6.45) is 0.334. The van der Waals surface area contributed by atoms with Crippen LogP contribution in [0.5, 0.6) is 0 Å². The standard InChI is InChI=1S/C12H17BrN2O4S2/c1-19-11(16)4-5-14-6-8-15(9-7-14)21(17,18)12-3-2-10(13)20-12/h2-3H,4-9H2,1H3. The van der Waals surface area contributed by atoms with E-state index in [2.05, 4.69) is 25.6 Å². The van der Waals surface area contributed by atoms with Crippen molar-refractivity contribution in [2.75, 3.05) is 39.8 Å². The van der Waals surface area contributed by atoms with Gasteiger partial charge in [-0.2, -0.15) is 4.31 Å². The van der Waals surface area contributed by atoms with E-state index in [1.165, 1.54) is 22.8 Å². The molecule has 2 rings (SSSR count). The zero-order chi connectivity index (χ0) is 15.5. The molecule has 0 unspecified atom stereocenters. The van der Waals surface area contributed by atoms with E-state index in [0.717, 1.165) is 3.79 Å². The molecule has 118 valence electrons. The lowest BCUT2D eigenvalue weighted by molar-refractivity contribution is -0.141. The summed E-state index contributed by atoms with van der Waals surface area (Å²) in [5.41, 5.74) is 0. The maximum Gasteiger partial charge on any atom is 0.306 e. The Balaban J connectivity index is 1.90. The monoisotopic (exact) mass is 396 g/mol. The summed E-state index contributed by atoms with van der Waals surface area (Å²) in [5, 5.41) is 0. The van der Waals surface area contributed by atoms with Crippen LogP contribution in [-0.2, 0) is 19.6 Å². The molecule has 0 amide bonds. The predicted octanol–water partition coefficient (Wildman–Crippen LogP) is 1.38. The fraction of sp³-hybridized carbons (Fsp3) is 0.583. The Morgan fingerprint density at radius 2 is 2.00 bits per heavy atom. The van der Waals surface area contributed by atoms with Gasteiger partial charge in [-0.25, -0.2) is 8.42 Å². The zero-order valence-electron chi connectivity index (χ0n) is 11.6. The molecule has 9 heteroatoms. The Morgan fingerprint density at radius 3 is 2.52 bits per heavy atom. The van der Waals surface area contributed by atoms with Crippen LogP contribution in [0, 0.1) is 0 Å². The number of carbonyl (C=O) groups is 1. The quantitative estimate of drug-likeness (QED) is 0.703. The Morgan fingerprint density at radius 1 is 1.33 bits per heavy atom. The predicted molar refractivity (Wildman–Crippen MR) is 83.9 cm³/mol. The number of sulfonamides is 1. The van der Waals surface area contributed by atoms with Gasteiger partial charge in [-0.05, 0) is 28.1 Å². The Labute approximate surface area is 136 Å². The molecule has 0 N–H and O–H groups in total. The van der Waals surface area contributed by atoms with Crippen molar-refractivity contribution in [1.82, 2.24) is 9.21 Å². The van der Waals surface area contributed by atoms with Gasteiger partial charge in [0.15, 0.2) is 0 Å². The van der Waals surface area contributed by atoms with Crippen molar-refractivity contribution in [2.24, 2.45) is 0 Å². The summed E-state index contributed by atoms with van der Waals surface area (Å²) in [6, 6.07) is 3.36. The first-order valence-electron chi connectivity index (χ1n) is 6.48. The van der Waals surface area contributed by atoms with Gasteiger partial charge in [0.2, 0.25) is 0 Å². The number of carbonyl (C=O) groups excluding carboxylic acids is 1. The first-order chi connectivity index (χ1) is 9.93. The molecule has 0 spiro atoms. The molecular formula is C12H17BrN2O4S2. The molecule has 21 heavy (non-hydrogen) atoms. The number of rotatable bonds is 5. The number of ether oxygens (including phenoxy) is 1. The van der Waals surface area contributed by atoms with Crippen molar-refractivity contribution in [3.63, 3.8) is 0 Å². The van der Waals surface area contributed by atoms with Crippen molar-refractivity contribution in [2.45, 2.75) is 10.6 Å². The minimum Gasteiger partial charge on any atom is -0.469 e. The van der Waals surface area contributed by atoms with Crippen LogP contribution < -0.4 is 0 Å². The van der Waals surface area contributed by atoms with E-state index in [-0.39, 0.29) is 5.97 Å². The van der Waals surface area contributed by atoms with Gasteiger partial charge in [-0.1, -0.05) is 0 Å². The van der Waals surface area contributed by atoms with Gasteiger partial charge < -0.3 is 9.64 Å². The van der Waals surface area contributed by atoms with E-state index < -0.39 is 10.0 Å². The van der Waals surface area contributed by atoms with Crippen LogP contribution in [0.25, 0.3) is 0 Å². The average molecular weight is 397 g/mol. The maximum absolute atomic E-state index is 12.4. The molecule has 0 aliphatic carbocycles. The fourth-order valence-electron chi connectivity index (χ4n) is 2.11. The highest BCUT2D eigenvalue weighted by molar-refractivity contribution is 9.11. The second kappa shape index (κ2) is 7.19. The van der Waals surface area contributed by atoms with Crippen molar-refractivity contribution in [1.29, 1.82) is 0 Å². The lowest BCUT2D eigenvalue weighted by atomic mass is 10.3. The largest absolute Gasteiger partial charge is 0.469 e. The molecule has 1 aliphatic rings. The number of thiophene rings is 1. The summed E-state index contributed by atoms with van der Waals surface area (Å²) in [5.74, 6) is -0.242. The first kappa shape index (κ1) is 16.9. The van der Waals surface area contributed by atoms with E-state index in [4.69, 9.17) is 0 Å². The highest BCUT2D eigenvalue weighted by Crippen LogP contribution is 2.28. The lowest BCUT2D eigenvalue weighted by Crippen LogP contribution is -2.48. The maximum atomic E-state index is 12.4. The summed E-state index contributed by atoms with van der Waals surface area (Å²) in [7, 11) is -2.03. The SMILES string of the molecule is COC(=O)CCN1CCN(S(=O)(=O)c2ccc(Br)s2)CC1. The van der Waals surface area contributed by atoms with E-state index in [1.54, 1.807) is 12.1 Å². The van der Waals surface area contributed by atoms with Crippen molar-refractivity contribution in [3.8, 4) is 0 Å². The van der Waals surface area contributed by atoms with Gasteiger partial charge in [-0.3, -0.25) is 4.79 Å². The number of piperazine rings is 1. The number of esters is 1. The molecule has 6 nitrogen and oxygen atoms in total. The average Bonchev–Trinajstić information content (AvgIpc) is 2.92. The van der Waals surface area contributed by atoms with Crippen LogP contribution >= 0.6 is 27.3 Å². The van der Waals surface area contributed by atoms with Crippen LogP contribution in [0.4, 0.5) is 0 Å². The number of hydrogen-bond acceptors (Lipinski definition) is 6. The smallest absolute Gasteiger partial charge is 0.306 e. The third kappa shape index (κ3) is 4.26. The van der Waals surface area contributed by atoms with E-state index >= 15 is 0 Å². The summed E-state index contributed by atoms with van der Waals surface area (Å²) in [4.78, 5) is 13.2. The van der Waals surface area contributed by atoms with Crippen molar-refractivity contribution >= 4 is 43.3 Å². The molecule has 1 aromatic heterocycles. The zero-order valence-corrected chi connectivity index (χ0v) is 14.8. The van der Waals surface area contributed by atoms with Crippen LogP contribution in [0.1, 0.15) is 6.42 Å². The molecule has 0 radical (unpaired) electrons. The highest BCUT2D eigenvalue weighted by Gasteiger charge is 2.29. The topological polar surface area (TPSA) is 66.9 Å². The number of nitrogens with zero attached hydrogens (tertiary/aromatic N) is 2. The van der Waals surface area contributed by atoms with Gasteiger partial charge in [0, 0.05) is 32.7 Å². The molecular weight excluding hydrogens is 380 g/mol. The third-order valence-corrected chi connectivity index (χ3v) is 7.32. The Kier molecular flexibility index (Phi) is 5.78. The van der Waals surface area contributed by atoms with Gasteiger partial charge in [0.25, 0.3) is 10.0 Å². The second-order valence-corrected chi connectivity index (χ2v) is 9.26.